The summed E-state index contributed by atoms with van der Waals surface area (Å²) in [6.45, 7) is 3.43. The molecule has 0 aliphatic rings. The maximum Gasteiger partial charge on any atom is 0.236 e. The molecule has 1 amide bonds. The van der Waals surface area contributed by atoms with Gasteiger partial charge in [0.2, 0.25) is 5.91 Å². The van der Waals surface area contributed by atoms with E-state index >= 15 is 0 Å². The monoisotopic (exact) mass is 285 g/mol. The van der Waals surface area contributed by atoms with Crippen LogP contribution in [0, 0.1) is 0 Å². The van der Waals surface area contributed by atoms with Crippen LogP contribution in [0.25, 0.3) is 0 Å². The number of halogens is 1. The Balaban J connectivity index is 2.93. The predicted molar refractivity (Wildman–Crippen MR) is 69.1 cm³/mol. The maximum atomic E-state index is 10.9. The molecule has 0 radical (unpaired) electrons. The fraction of sp³-hybridized carbons (Fsp3) is 0.364. The van der Waals surface area contributed by atoms with Crippen LogP contribution in [0.3, 0.4) is 0 Å². The van der Waals surface area contributed by atoms with Gasteiger partial charge in [-0.3, -0.25) is 4.79 Å². The van der Waals surface area contributed by atoms with Crippen LogP contribution in [0.1, 0.15) is 12.5 Å². The number of carbonyl (C=O) groups excluding carboxylic acids is 1. The van der Waals surface area contributed by atoms with Crippen molar-refractivity contribution in [2.24, 2.45) is 11.5 Å². The fourth-order valence-corrected chi connectivity index (χ4v) is 2.00. The summed E-state index contributed by atoms with van der Waals surface area (Å²) in [5.74, 6) is -0.333. The molecule has 0 fully saturated rings. The van der Waals surface area contributed by atoms with E-state index in [4.69, 9.17) is 11.5 Å². The standard InChI is InChI=1S/C11H16BrN3O/c1-2-15(7-11(14)16)9-4-3-8(6-13)10(12)5-9/h3-5H,2,6-7,13H2,1H3,(H2,14,16). The van der Waals surface area contributed by atoms with Gasteiger partial charge in [-0.15, -0.1) is 0 Å². The highest BCUT2D eigenvalue weighted by molar-refractivity contribution is 9.10. The van der Waals surface area contributed by atoms with Gasteiger partial charge >= 0.3 is 0 Å². The van der Waals surface area contributed by atoms with Crippen LogP contribution in [-0.2, 0) is 11.3 Å². The number of primary amides is 1. The van der Waals surface area contributed by atoms with Crippen LogP contribution in [0.5, 0.6) is 0 Å². The molecule has 4 nitrogen and oxygen atoms in total. The molecule has 4 N–H and O–H groups in total. The van der Waals surface area contributed by atoms with Crippen LogP contribution in [0.2, 0.25) is 0 Å². The molecule has 5 heteroatoms. The minimum Gasteiger partial charge on any atom is -0.368 e. The topological polar surface area (TPSA) is 72.3 Å². The van der Waals surface area contributed by atoms with Crippen molar-refractivity contribution in [1.82, 2.24) is 0 Å². The number of hydrogen-bond donors (Lipinski definition) is 2. The number of anilines is 1. The van der Waals surface area contributed by atoms with E-state index in [-0.39, 0.29) is 12.5 Å². The van der Waals surface area contributed by atoms with Gasteiger partial charge in [-0.1, -0.05) is 22.0 Å². The number of hydrogen-bond acceptors (Lipinski definition) is 3. The van der Waals surface area contributed by atoms with Crippen LogP contribution in [0.15, 0.2) is 22.7 Å². The SMILES string of the molecule is CCN(CC(N)=O)c1ccc(CN)c(Br)c1. The van der Waals surface area contributed by atoms with Crippen LogP contribution < -0.4 is 16.4 Å². The van der Waals surface area contributed by atoms with Crippen LogP contribution in [-0.4, -0.2) is 19.0 Å². The number of amides is 1. The van der Waals surface area contributed by atoms with Crippen molar-refractivity contribution >= 4 is 27.5 Å². The summed E-state index contributed by atoms with van der Waals surface area (Å²) in [6, 6.07) is 5.84. The van der Waals surface area contributed by atoms with Gasteiger partial charge in [0, 0.05) is 23.2 Å². The molecule has 0 aliphatic carbocycles. The molecule has 0 aromatic heterocycles. The molecule has 0 saturated heterocycles. The van der Waals surface area contributed by atoms with E-state index in [0.717, 1.165) is 22.3 Å². The number of likely N-dealkylation sites (N-methyl/N-ethyl adjacent to an activating group) is 1. The number of nitrogens with zero attached hydrogens (tertiary/aromatic N) is 1. The first-order chi connectivity index (χ1) is 7.58. The Morgan fingerprint density at radius 1 is 1.50 bits per heavy atom. The summed E-state index contributed by atoms with van der Waals surface area (Å²) >= 11 is 3.45. The molecule has 0 atom stereocenters. The lowest BCUT2D eigenvalue weighted by Crippen LogP contribution is -2.33. The normalized spacial score (nSPS) is 10.2. The van der Waals surface area contributed by atoms with Gasteiger partial charge in [0.15, 0.2) is 0 Å². The van der Waals surface area contributed by atoms with Gasteiger partial charge in [0.05, 0.1) is 6.54 Å². The Morgan fingerprint density at radius 2 is 2.19 bits per heavy atom. The van der Waals surface area contributed by atoms with E-state index in [1.807, 2.05) is 30.0 Å². The zero-order chi connectivity index (χ0) is 12.1. The second kappa shape index (κ2) is 5.86. The van der Waals surface area contributed by atoms with Crippen molar-refractivity contribution in [2.75, 3.05) is 18.0 Å². The lowest BCUT2D eigenvalue weighted by molar-refractivity contribution is -0.116. The van der Waals surface area contributed by atoms with Gasteiger partial charge < -0.3 is 16.4 Å². The first kappa shape index (κ1) is 13.0. The molecular formula is C11H16BrN3O. The molecule has 0 heterocycles. The van der Waals surface area contributed by atoms with Crippen molar-refractivity contribution in [3.05, 3.63) is 28.2 Å². The van der Waals surface area contributed by atoms with Gasteiger partial charge in [0.25, 0.3) is 0 Å². The second-order valence-corrected chi connectivity index (χ2v) is 4.31. The summed E-state index contributed by atoms with van der Waals surface area (Å²) in [5, 5.41) is 0. The van der Waals surface area contributed by atoms with E-state index in [0.29, 0.717) is 6.54 Å². The van der Waals surface area contributed by atoms with E-state index in [2.05, 4.69) is 15.9 Å². The Labute approximate surface area is 104 Å². The highest BCUT2D eigenvalue weighted by Gasteiger charge is 2.08. The molecule has 16 heavy (non-hydrogen) atoms. The fourth-order valence-electron chi connectivity index (χ4n) is 1.47. The highest BCUT2D eigenvalue weighted by Crippen LogP contribution is 2.23. The Bertz CT molecular complexity index is 381. The quantitative estimate of drug-likeness (QED) is 0.854. The van der Waals surface area contributed by atoms with Gasteiger partial charge in [0.1, 0.15) is 0 Å². The lowest BCUT2D eigenvalue weighted by atomic mass is 10.2. The molecular weight excluding hydrogens is 270 g/mol. The molecule has 0 unspecified atom stereocenters. The third kappa shape index (κ3) is 3.21. The lowest BCUT2D eigenvalue weighted by Gasteiger charge is -2.22. The van der Waals surface area contributed by atoms with Crippen molar-refractivity contribution in [3.63, 3.8) is 0 Å². The van der Waals surface area contributed by atoms with Crippen molar-refractivity contribution < 1.29 is 4.79 Å². The molecule has 0 bridgehead atoms. The summed E-state index contributed by atoms with van der Waals surface area (Å²) in [4.78, 5) is 12.8. The molecule has 0 spiro atoms. The third-order valence-corrected chi connectivity index (χ3v) is 3.09. The first-order valence-corrected chi connectivity index (χ1v) is 5.89. The Morgan fingerprint density at radius 3 is 2.62 bits per heavy atom. The minimum atomic E-state index is -0.333. The molecule has 88 valence electrons. The molecule has 0 aliphatic heterocycles. The van der Waals surface area contributed by atoms with Crippen LogP contribution in [0.4, 0.5) is 5.69 Å². The van der Waals surface area contributed by atoms with E-state index < -0.39 is 0 Å². The zero-order valence-corrected chi connectivity index (χ0v) is 10.8. The van der Waals surface area contributed by atoms with E-state index in [1.54, 1.807) is 0 Å². The van der Waals surface area contributed by atoms with Crippen molar-refractivity contribution in [3.8, 4) is 0 Å². The summed E-state index contributed by atoms with van der Waals surface area (Å²) in [7, 11) is 0. The third-order valence-electron chi connectivity index (χ3n) is 2.35. The molecule has 1 aromatic carbocycles. The highest BCUT2D eigenvalue weighted by atomic mass is 79.9. The van der Waals surface area contributed by atoms with E-state index in [1.165, 1.54) is 0 Å². The minimum absolute atomic E-state index is 0.227. The van der Waals surface area contributed by atoms with Crippen molar-refractivity contribution in [1.29, 1.82) is 0 Å². The first-order valence-electron chi connectivity index (χ1n) is 5.10. The average Bonchev–Trinajstić information content (AvgIpc) is 2.25. The number of rotatable bonds is 5. The van der Waals surface area contributed by atoms with E-state index in [9.17, 15) is 4.79 Å². The second-order valence-electron chi connectivity index (χ2n) is 3.46. The number of nitrogens with two attached hydrogens (primary N) is 2. The molecule has 0 saturated carbocycles. The average molecular weight is 286 g/mol. The molecule has 1 aromatic rings. The summed E-state index contributed by atoms with van der Waals surface area (Å²) in [5.41, 5.74) is 12.8. The predicted octanol–water partition coefficient (Wildman–Crippen LogP) is 1.22. The maximum absolute atomic E-state index is 10.9. The Kier molecular flexibility index (Phi) is 4.76. The Hall–Kier alpha value is -1.07. The largest absolute Gasteiger partial charge is 0.368 e. The smallest absolute Gasteiger partial charge is 0.236 e. The number of carbonyl (C=O) groups is 1. The van der Waals surface area contributed by atoms with Crippen molar-refractivity contribution in [2.45, 2.75) is 13.5 Å². The van der Waals surface area contributed by atoms with Gasteiger partial charge in [-0.05, 0) is 24.6 Å². The zero-order valence-electron chi connectivity index (χ0n) is 9.24. The summed E-state index contributed by atoms with van der Waals surface area (Å²) < 4.78 is 0.954. The van der Waals surface area contributed by atoms with Gasteiger partial charge in [-0.2, -0.15) is 0 Å². The van der Waals surface area contributed by atoms with Crippen LogP contribution >= 0.6 is 15.9 Å². The van der Waals surface area contributed by atoms with Gasteiger partial charge in [-0.25, -0.2) is 0 Å². The molecule has 1 rings (SSSR count). The number of benzene rings is 1. The summed E-state index contributed by atoms with van der Waals surface area (Å²) in [6.07, 6.45) is 0.